The minimum Gasteiger partial charge on any atom is -0.478 e. The van der Waals surface area contributed by atoms with E-state index in [2.05, 4.69) is 0 Å². The summed E-state index contributed by atoms with van der Waals surface area (Å²) in [5.41, 5.74) is 0.905. The molecule has 0 radical (unpaired) electrons. The van der Waals surface area contributed by atoms with E-state index in [0.717, 1.165) is 9.79 Å². The first-order valence-electron chi connectivity index (χ1n) is 5.73. The third-order valence-electron chi connectivity index (χ3n) is 2.71. The van der Waals surface area contributed by atoms with Gasteiger partial charge in [0.1, 0.15) is 0 Å². The zero-order valence-electron chi connectivity index (χ0n) is 10.6. The maximum Gasteiger partial charge on any atom is 0.335 e. The van der Waals surface area contributed by atoms with Gasteiger partial charge in [-0.3, -0.25) is 10.1 Å². The lowest BCUT2D eigenvalue weighted by Crippen LogP contribution is -1.94. The van der Waals surface area contributed by atoms with Crippen LogP contribution >= 0.6 is 11.8 Å². The highest BCUT2D eigenvalue weighted by atomic mass is 32.2. The summed E-state index contributed by atoms with van der Waals surface area (Å²) in [6.07, 6.45) is 0. The summed E-state index contributed by atoms with van der Waals surface area (Å²) in [6, 6.07) is 11.4. The first-order valence-corrected chi connectivity index (χ1v) is 6.55. The van der Waals surface area contributed by atoms with Gasteiger partial charge in [0.15, 0.2) is 0 Å². The van der Waals surface area contributed by atoms with Crippen molar-refractivity contribution in [2.24, 2.45) is 0 Å². The number of rotatable bonds is 4. The van der Waals surface area contributed by atoms with Gasteiger partial charge < -0.3 is 5.11 Å². The SMILES string of the molecule is Cc1ccc(Sc2ccc(C(=O)O)cc2)cc1[N+](=O)[O-]. The number of nitrogens with zero attached hydrogens (tertiary/aromatic N) is 1. The number of hydrogen-bond acceptors (Lipinski definition) is 4. The summed E-state index contributed by atoms with van der Waals surface area (Å²) in [4.78, 5) is 22.8. The lowest BCUT2D eigenvalue weighted by Gasteiger charge is -2.04. The molecule has 6 heteroatoms. The molecular formula is C14H11NO4S. The number of aromatic carboxylic acids is 1. The molecule has 2 rings (SSSR count). The Morgan fingerprint density at radius 3 is 2.30 bits per heavy atom. The highest BCUT2D eigenvalue weighted by Gasteiger charge is 2.11. The van der Waals surface area contributed by atoms with Crippen LogP contribution in [0, 0.1) is 17.0 Å². The van der Waals surface area contributed by atoms with Gasteiger partial charge >= 0.3 is 5.97 Å². The summed E-state index contributed by atoms with van der Waals surface area (Å²) in [5.74, 6) is -0.979. The van der Waals surface area contributed by atoms with Crippen LogP contribution in [0.4, 0.5) is 5.69 Å². The third kappa shape index (κ3) is 3.16. The predicted molar refractivity (Wildman–Crippen MR) is 75.4 cm³/mol. The van der Waals surface area contributed by atoms with Crippen LogP contribution in [0.1, 0.15) is 15.9 Å². The number of carboxylic acids is 1. The number of carboxylic acid groups (broad SMARTS) is 1. The minimum atomic E-state index is -0.979. The molecule has 2 aromatic rings. The smallest absolute Gasteiger partial charge is 0.335 e. The monoisotopic (exact) mass is 289 g/mol. The molecule has 0 atom stereocenters. The van der Waals surface area contributed by atoms with Crippen LogP contribution in [0.3, 0.4) is 0 Å². The maximum absolute atomic E-state index is 10.9. The van der Waals surface area contributed by atoms with Gasteiger partial charge in [-0.2, -0.15) is 0 Å². The van der Waals surface area contributed by atoms with Crippen molar-refractivity contribution >= 4 is 23.4 Å². The molecule has 0 amide bonds. The number of hydrogen-bond donors (Lipinski definition) is 1. The summed E-state index contributed by atoms with van der Waals surface area (Å²) in [7, 11) is 0. The lowest BCUT2D eigenvalue weighted by atomic mass is 10.2. The van der Waals surface area contributed by atoms with Crippen molar-refractivity contribution in [2.45, 2.75) is 16.7 Å². The van der Waals surface area contributed by atoms with Crippen molar-refractivity contribution in [3.05, 3.63) is 63.7 Å². The second kappa shape index (κ2) is 5.75. The number of benzene rings is 2. The van der Waals surface area contributed by atoms with Gasteiger partial charge in [0.25, 0.3) is 5.69 Å². The number of carbonyl (C=O) groups is 1. The molecule has 0 spiro atoms. The summed E-state index contributed by atoms with van der Waals surface area (Å²) in [5, 5.41) is 19.7. The third-order valence-corrected chi connectivity index (χ3v) is 3.71. The lowest BCUT2D eigenvalue weighted by molar-refractivity contribution is -0.385. The number of nitro benzene ring substituents is 1. The van der Waals surface area contributed by atoms with Crippen LogP contribution in [0.5, 0.6) is 0 Å². The van der Waals surface area contributed by atoms with E-state index in [1.165, 1.54) is 30.0 Å². The zero-order valence-corrected chi connectivity index (χ0v) is 11.4. The van der Waals surface area contributed by atoms with Gasteiger partial charge in [-0.1, -0.05) is 17.8 Å². The Labute approximate surface area is 119 Å². The second-order valence-electron chi connectivity index (χ2n) is 4.14. The molecule has 2 aromatic carbocycles. The molecule has 0 fully saturated rings. The standard InChI is InChI=1S/C14H11NO4S/c1-9-2-5-12(8-13(9)15(18)19)20-11-6-3-10(4-7-11)14(16)17/h2-8H,1H3,(H,16,17). The highest BCUT2D eigenvalue weighted by molar-refractivity contribution is 7.99. The van der Waals surface area contributed by atoms with Crippen molar-refractivity contribution in [3.63, 3.8) is 0 Å². The molecule has 0 bridgehead atoms. The Morgan fingerprint density at radius 1 is 1.15 bits per heavy atom. The average molecular weight is 289 g/mol. The Balaban J connectivity index is 2.23. The first-order chi connectivity index (χ1) is 9.47. The van der Waals surface area contributed by atoms with Crippen molar-refractivity contribution in [1.82, 2.24) is 0 Å². The summed E-state index contributed by atoms with van der Waals surface area (Å²) >= 11 is 1.35. The average Bonchev–Trinajstić information content (AvgIpc) is 2.41. The Bertz CT molecular complexity index is 667. The summed E-state index contributed by atoms with van der Waals surface area (Å²) in [6.45, 7) is 1.69. The fourth-order valence-corrected chi connectivity index (χ4v) is 2.50. The second-order valence-corrected chi connectivity index (χ2v) is 5.28. The normalized spacial score (nSPS) is 10.2. The van der Waals surface area contributed by atoms with Gasteiger partial charge in [0.05, 0.1) is 10.5 Å². The van der Waals surface area contributed by atoms with E-state index in [1.54, 1.807) is 31.2 Å². The van der Waals surface area contributed by atoms with Crippen LogP contribution in [0.15, 0.2) is 52.3 Å². The van der Waals surface area contributed by atoms with E-state index in [-0.39, 0.29) is 11.3 Å². The predicted octanol–water partition coefficient (Wildman–Crippen LogP) is 3.75. The number of aryl methyl sites for hydroxylation is 1. The van der Waals surface area contributed by atoms with Crippen molar-refractivity contribution < 1.29 is 14.8 Å². The van der Waals surface area contributed by atoms with Gasteiger partial charge in [0, 0.05) is 21.4 Å². The zero-order chi connectivity index (χ0) is 14.7. The highest BCUT2D eigenvalue weighted by Crippen LogP contribution is 2.31. The van der Waals surface area contributed by atoms with Crippen LogP contribution < -0.4 is 0 Å². The largest absolute Gasteiger partial charge is 0.478 e. The molecule has 0 unspecified atom stereocenters. The molecule has 0 saturated heterocycles. The van der Waals surface area contributed by atoms with Crippen molar-refractivity contribution in [2.75, 3.05) is 0 Å². The first kappa shape index (κ1) is 14.1. The van der Waals surface area contributed by atoms with E-state index in [0.29, 0.717) is 5.56 Å². The molecule has 0 aliphatic carbocycles. The molecule has 0 aliphatic heterocycles. The molecule has 0 aliphatic rings. The summed E-state index contributed by atoms with van der Waals surface area (Å²) < 4.78 is 0. The van der Waals surface area contributed by atoms with Crippen molar-refractivity contribution in [3.8, 4) is 0 Å². The molecule has 0 aromatic heterocycles. The molecule has 1 N–H and O–H groups in total. The quantitative estimate of drug-likeness (QED) is 0.684. The van der Waals surface area contributed by atoms with E-state index in [4.69, 9.17) is 5.11 Å². The molecule has 0 saturated carbocycles. The fourth-order valence-electron chi connectivity index (χ4n) is 1.65. The number of nitro groups is 1. The van der Waals surface area contributed by atoms with Crippen LogP contribution in [0.2, 0.25) is 0 Å². The van der Waals surface area contributed by atoms with Gasteiger partial charge in [-0.25, -0.2) is 4.79 Å². The molecule has 102 valence electrons. The van der Waals surface area contributed by atoms with E-state index >= 15 is 0 Å². The van der Waals surface area contributed by atoms with Gasteiger partial charge in [-0.05, 0) is 37.3 Å². The van der Waals surface area contributed by atoms with E-state index in [9.17, 15) is 14.9 Å². The molecular weight excluding hydrogens is 278 g/mol. The van der Waals surface area contributed by atoms with Crippen LogP contribution in [-0.4, -0.2) is 16.0 Å². The van der Waals surface area contributed by atoms with Crippen LogP contribution in [0.25, 0.3) is 0 Å². The molecule has 5 nitrogen and oxygen atoms in total. The molecule has 20 heavy (non-hydrogen) atoms. The van der Waals surface area contributed by atoms with Gasteiger partial charge in [-0.15, -0.1) is 0 Å². The van der Waals surface area contributed by atoms with Crippen molar-refractivity contribution in [1.29, 1.82) is 0 Å². The molecule has 0 heterocycles. The maximum atomic E-state index is 10.9. The minimum absolute atomic E-state index is 0.0807. The van der Waals surface area contributed by atoms with Crippen LogP contribution in [-0.2, 0) is 0 Å². The fraction of sp³-hybridized carbons (Fsp3) is 0.0714. The Morgan fingerprint density at radius 2 is 1.75 bits per heavy atom. The van der Waals surface area contributed by atoms with E-state index in [1.807, 2.05) is 0 Å². The van der Waals surface area contributed by atoms with Gasteiger partial charge in [0.2, 0.25) is 0 Å². The Kier molecular flexibility index (Phi) is 4.05. The Hall–Kier alpha value is -2.34. The van der Waals surface area contributed by atoms with E-state index < -0.39 is 10.9 Å². The topological polar surface area (TPSA) is 80.4 Å².